The van der Waals surface area contributed by atoms with Crippen molar-refractivity contribution >= 4 is 11.6 Å². The Bertz CT molecular complexity index is 354. The van der Waals surface area contributed by atoms with E-state index in [-0.39, 0.29) is 11.8 Å². The molecule has 1 saturated carbocycles. The standard InChI is InChI=1S/C12H16N2O/c1-14(12(15)10-4-5-10)11-6-2-9(8-13)3-7-11/h2-3,6-7,10H,4-5,8,13H2,1H3. The molecule has 80 valence electrons. The van der Waals surface area contributed by atoms with Crippen molar-refractivity contribution < 1.29 is 4.79 Å². The second-order valence-corrected chi connectivity index (χ2v) is 4.04. The van der Waals surface area contributed by atoms with Crippen LogP contribution in [-0.2, 0) is 11.3 Å². The minimum Gasteiger partial charge on any atom is -0.326 e. The smallest absolute Gasteiger partial charge is 0.229 e. The van der Waals surface area contributed by atoms with Crippen molar-refractivity contribution in [3.8, 4) is 0 Å². The van der Waals surface area contributed by atoms with Gasteiger partial charge in [-0.25, -0.2) is 0 Å². The summed E-state index contributed by atoms with van der Waals surface area (Å²) in [6, 6.07) is 7.82. The molecule has 0 saturated heterocycles. The fraction of sp³-hybridized carbons (Fsp3) is 0.417. The summed E-state index contributed by atoms with van der Waals surface area (Å²) in [5.74, 6) is 0.500. The zero-order chi connectivity index (χ0) is 10.8. The largest absolute Gasteiger partial charge is 0.326 e. The molecular weight excluding hydrogens is 188 g/mol. The molecule has 0 aromatic heterocycles. The highest BCUT2D eigenvalue weighted by Crippen LogP contribution is 2.32. The lowest BCUT2D eigenvalue weighted by Crippen LogP contribution is -2.27. The van der Waals surface area contributed by atoms with Gasteiger partial charge in [-0.05, 0) is 30.5 Å². The van der Waals surface area contributed by atoms with Gasteiger partial charge < -0.3 is 10.6 Å². The summed E-state index contributed by atoms with van der Waals surface area (Å²) >= 11 is 0. The Morgan fingerprint density at radius 1 is 1.40 bits per heavy atom. The van der Waals surface area contributed by atoms with E-state index in [2.05, 4.69) is 0 Å². The Hall–Kier alpha value is -1.35. The number of hydrogen-bond donors (Lipinski definition) is 1. The number of benzene rings is 1. The molecule has 1 aromatic carbocycles. The van der Waals surface area contributed by atoms with Crippen LogP contribution in [0.15, 0.2) is 24.3 Å². The van der Waals surface area contributed by atoms with Crippen LogP contribution < -0.4 is 10.6 Å². The van der Waals surface area contributed by atoms with E-state index >= 15 is 0 Å². The van der Waals surface area contributed by atoms with Gasteiger partial charge in [-0.2, -0.15) is 0 Å². The van der Waals surface area contributed by atoms with Gasteiger partial charge in [-0.1, -0.05) is 12.1 Å². The van der Waals surface area contributed by atoms with Gasteiger partial charge in [-0.3, -0.25) is 4.79 Å². The van der Waals surface area contributed by atoms with E-state index in [1.165, 1.54) is 0 Å². The summed E-state index contributed by atoms with van der Waals surface area (Å²) in [5, 5.41) is 0. The molecule has 0 atom stereocenters. The predicted octanol–water partition coefficient (Wildman–Crippen LogP) is 1.52. The summed E-state index contributed by atoms with van der Waals surface area (Å²) < 4.78 is 0. The second kappa shape index (κ2) is 4.03. The van der Waals surface area contributed by atoms with Gasteiger partial charge in [0.15, 0.2) is 0 Å². The Balaban J connectivity index is 2.10. The summed E-state index contributed by atoms with van der Waals surface area (Å²) in [4.78, 5) is 13.5. The van der Waals surface area contributed by atoms with Gasteiger partial charge in [0.05, 0.1) is 0 Å². The molecule has 0 radical (unpaired) electrons. The minimum atomic E-state index is 0.232. The molecule has 3 nitrogen and oxygen atoms in total. The Labute approximate surface area is 89.9 Å². The third kappa shape index (κ3) is 2.18. The highest BCUT2D eigenvalue weighted by Gasteiger charge is 2.32. The highest BCUT2D eigenvalue weighted by atomic mass is 16.2. The van der Waals surface area contributed by atoms with E-state index in [0.29, 0.717) is 6.54 Å². The molecule has 15 heavy (non-hydrogen) atoms. The fourth-order valence-corrected chi connectivity index (χ4v) is 1.59. The molecule has 2 rings (SSSR count). The van der Waals surface area contributed by atoms with Crippen molar-refractivity contribution in [3.63, 3.8) is 0 Å². The third-order valence-corrected chi connectivity index (χ3v) is 2.82. The average Bonchev–Trinajstić information content (AvgIpc) is 3.11. The van der Waals surface area contributed by atoms with Crippen molar-refractivity contribution in [2.24, 2.45) is 11.7 Å². The number of anilines is 1. The van der Waals surface area contributed by atoms with Gasteiger partial charge in [0.25, 0.3) is 0 Å². The lowest BCUT2D eigenvalue weighted by molar-refractivity contribution is -0.119. The fourth-order valence-electron chi connectivity index (χ4n) is 1.59. The van der Waals surface area contributed by atoms with E-state index in [9.17, 15) is 4.79 Å². The molecule has 0 bridgehead atoms. The molecule has 1 aliphatic rings. The Kier molecular flexibility index (Phi) is 2.73. The van der Waals surface area contributed by atoms with E-state index < -0.39 is 0 Å². The first kappa shape index (κ1) is 10.2. The topological polar surface area (TPSA) is 46.3 Å². The zero-order valence-corrected chi connectivity index (χ0v) is 8.94. The van der Waals surface area contributed by atoms with Crippen molar-refractivity contribution in [1.82, 2.24) is 0 Å². The monoisotopic (exact) mass is 204 g/mol. The van der Waals surface area contributed by atoms with E-state index in [0.717, 1.165) is 24.1 Å². The van der Waals surface area contributed by atoms with Crippen molar-refractivity contribution in [3.05, 3.63) is 29.8 Å². The van der Waals surface area contributed by atoms with Crippen LogP contribution in [0.25, 0.3) is 0 Å². The quantitative estimate of drug-likeness (QED) is 0.811. The summed E-state index contributed by atoms with van der Waals surface area (Å²) in [7, 11) is 1.83. The average molecular weight is 204 g/mol. The van der Waals surface area contributed by atoms with E-state index in [1.807, 2.05) is 31.3 Å². The Morgan fingerprint density at radius 3 is 2.47 bits per heavy atom. The number of nitrogens with zero attached hydrogens (tertiary/aromatic N) is 1. The van der Waals surface area contributed by atoms with Crippen LogP contribution in [0.3, 0.4) is 0 Å². The molecule has 3 heteroatoms. The molecule has 0 spiro atoms. The maximum Gasteiger partial charge on any atom is 0.229 e. The number of amides is 1. The highest BCUT2D eigenvalue weighted by molar-refractivity contribution is 5.95. The molecule has 2 N–H and O–H groups in total. The molecular formula is C12H16N2O. The summed E-state index contributed by atoms with van der Waals surface area (Å²) in [5.41, 5.74) is 7.55. The number of carbonyl (C=O) groups excluding carboxylic acids is 1. The summed E-state index contributed by atoms with van der Waals surface area (Å²) in [6.45, 7) is 0.542. The van der Waals surface area contributed by atoms with E-state index in [1.54, 1.807) is 4.90 Å². The molecule has 1 amide bonds. The first-order chi connectivity index (χ1) is 7.22. The first-order valence-electron chi connectivity index (χ1n) is 5.29. The number of carbonyl (C=O) groups is 1. The van der Waals surface area contributed by atoms with Crippen LogP contribution in [0, 0.1) is 5.92 Å². The van der Waals surface area contributed by atoms with Gasteiger partial charge in [0.2, 0.25) is 5.91 Å². The lowest BCUT2D eigenvalue weighted by atomic mass is 10.2. The van der Waals surface area contributed by atoms with Gasteiger partial charge in [0.1, 0.15) is 0 Å². The van der Waals surface area contributed by atoms with Crippen LogP contribution in [-0.4, -0.2) is 13.0 Å². The third-order valence-electron chi connectivity index (χ3n) is 2.82. The molecule has 0 unspecified atom stereocenters. The molecule has 1 aliphatic carbocycles. The Morgan fingerprint density at radius 2 is 2.00 bits per heavy atom. The zero-order valence-electron chi connectivity index (χ0n) is 8.94. The predicted molar refractivity (Wildman–Crippen MR) is 60.5 cm³/mol. The van der Waals surface area contributed by atoms with Crippen LogP contribution in [0.2, 0.25) is 0 Å². The SMILES string of the molecule is CN(C(=O)C1CC1)c1ccc(CN)cc1. The van der Waals surface area contributed by atoms with Crippen LogP contribution in [0.5, 0.6) is 0 Å². The van der Waals surface area contributed by atoms with Crippen LogP contribution >= 0.6 is 0 Å². The van der Waals surface area contributed by atoms with Crippen molar-refractivity contribution in [1.29, 1.82) is 0 Å². The second-order valence-electron chi connectivity index (χ2n) is 4.04. The van der Waals surface area contributed by atoms with Crippen LogP contribution in [0.4, 0.5) is 5.69 Å². The minimum absolute atomic E-state index is 0.232. The van der Waals surface area contributed by atoms with Gasteiger partial charge >= 0.3 is 0 Å². The first-order valence-corrected chi connectivity index (χ1v) is 5.29. The number of rotatable bonds is 3. The van der Waals surface area contributed by atoms with Crippen LogP contribution in [0.1, 0.15) is 18.4 Å². The van der Waals surface area contributed by atoms with Gasteiger partial charge in [0, 0.05) is 25.2 Å². The van der Waals surface area contributed by atoms with Gasteiger partial charge in [-0.15, -0.1) is 0 Å². The molecule has 0 heterocycles. The normalized spacial score (nSPS) is 15.1. The number of nitrogens with two attached hydrogens (primary N) is 1. The molecule has 1 fully saturated rings. The maximum absolute atomic E-state index is 11.8. The van der Waals surface area contributed by atoms with Crippen molar-refractivity contribution in [2.75, 3.05) is 11.9 Å². The molecule has 0 aliphatic heterocycles. The lowest BCUT2D eigenvalue weighted by Gasteiger charge is -2.17. The summed E-state index contributed by atoms with van der Waals surface area (Å²) in [6.07, 6.45) is 2.09. The van der Waals surface area contributed by atoms with E-state index in [4.69, 9.17) is 5.73 Å². The maximum atomic E-state index is 11.8. The van der Waals surface area contributed by atoms with Crippen molar-refractivity contribution in [2.45, 2.75) is 19.4 Å². The molecule has 1 aromatic rings. The number of hydrogen-bond acceptors (Lipinski definition) is 2.